The summed E-state index contributed by atoms with van der Waals surface area (Å²) in [4.78, 5) is 17.8. The van der Waals surface area contributed by atoms with E-state index in [1.807, 2.05) is 28.8 Å². The summed E-state index contributed by atoms with van der Waals surface area (Å²) in [5.41, 5.74) is 2.82. The number of nitrogens with zero attached hydrogens (tertiary/aromatic N) is 2. The van der Waals surface area contributed by atoms with Gasteiger partial charge >= 0.3 is 0 Å². The Bertz CT molecular complexity index is 1270. The van der Waals surface area contributed by atoms with Crippen LogP contribution in [0.4, 0.5) is 4.39 Å². The first-order chi connectivity index (χ1) is 16.0. The van der Waals surface area contributed by atoms with Gasteiger partial charge in [-0.15, -0.1) is 0 Å². The minimum Gasteiger partial charge on any atom is -0.496 e. The number of imidazole rings is 1. The highest BCUT2D eigenvalue weighted by Gasteiger charge is 2.22. The van der Waals surface area contributed by atoms with Gasteiger partial charge in [0.25, 0.3) is 5.91 Å². The second-order valence-corrected chi connectivity index (χ2v) is 7.37. The van der Waals surface area contributed by atoms with Crippen molar-refractivity contribution in [1.29, 1.82) is 0 Å². The third kappa shape index (κ3) is 4.59. The molecule has 3 aromatic carbocycles. The highest BCUT2D eigenvalue weighted by Crippen LogP contribution is 2.35. The van der Waals surface area contributed by atoms with Crippen LogP contribution in [0, 0.1) is 5.82 Å². The molecule has 1 N–H and O–H groups in total. The molecule has 7 nitrogen and oxygen atoms in total. The van der Waals surface area contributed by atoms with Crippen molar-refractivity contribution in [3.05, 3.63) is 83.9 Å². The standard InChI is InChI=1S/C25H24FN3O4/c1-31-22-13-24(33-3)23(32-2)12-18(22)25(30)28-20(16-8-10-17(26)11-9-16)14-29-15-27-19-6-4-5-7-21(19)29/h4-13,15,20H,14H2,1-3H3,(H,28,30). The molecule has 4 rings (SSSR count). The minimum absolute atomic E-state index is 0.290. The number of carbonyl (C=O) groups is 1. The number of benzene rings is 3. The van der Waals surface area contributed by atoms with Crippen LogP contribution in [0.15, 0.2) is 67.0 Å². The van der Waals surface area contributed by atoms with E-state index < -0.39 is 6.04 Å². The summed E-state index contributed by atoms with van der Waals surface area (Å²) in [6, 6.07) is 16.5. The average molecular weight is 449 g/mol. The number of hydrogen-bond acceptors (Lipinski definition) is 5. The second kappa shape index (κ2) is 9.60. The van der Waals surface area contributed by atoms with Crippen LogP contribution in [-0.4, -0.2) is 36.8 Å². The van der Waals surface area contributed by atoms with Gasteiger partial charge in [0.15, 0.2) is 11.5 Å². The predicted octanol–water partition coefficient (Wildman–Crippen LogP) is 4.37. The summed E-state index contributed by atoms with van der Waals surface area (Å²) in [6.07, 6.45) is 1.73. The molecule has 1 aromatic heterocycles. The lowest BCUT2D eigenvalue weighted by Crippen LogP contribution is -2.31. The van der Waals surface area contributed by atoms with Crippen LogP contribution in [0.5, 0.6) is 17.2 Å². The molecule has 170 valence electrons. The lowest BCUT2D eigenvalue weighted by atomic mass is 10.1. The lowest BCUT2D eigenvalue weighted by Gasteiger charge is -2.21. The number of fused-ring (bicyclic) bond motifs is 1. The number of rotatable bonds is 8. The average Bonchev–Trinajstić information content (AvgIpc) is 3.26. The quantitative estimate of drug-likeness (QED) is 0.432. The summed E-state index contributed by atoms with van der Waals surface area (Å²) in [5.74, 6) is 0.481. The van der Waals surface area contributed by atoms with Gasteiger partial charge in [0, 0.05) is 18.7 Å². The van der Waals surface area contributed by atoms with E-state index in [9.17, 15) is 9.18 Å². The molecule has 33 heavy (non-hydrogen) atoms. The van der Waals surface area contributed by atoms with E-state index in [0.717, 1.165) is 16.6 Å². The Hall–Kier alpha value is -4.07. The lowest BCUT2D eigenvalue weighted by molar-refractivity contribution is 0.0929. The first-order valence-corrected chi connectivity index (χ1v) is 10.3. The van der Waals surface area contributed by atoms with Crippen molar-refractivity contribution in [2.24, 2.45) is 0 Å². The van der Waals surface area contributed by atoms with E-state index in [0.29, 0.717) is 23.8 Å². The van der Waals surface area contributed by atoms with Gasteiger partial charge in [-0.3, -0.25) is 4.79 Å². The van der Waals surface area contributed by atoms with E-state index >= 15 is 0 Å². The van der Waals surface area contributed by atoms with E-state index in [4.69, 9.17) is 14.2 Å². The van der Waals surface area contributed by atoms with Gasteiger partial charge in [0.1, 0.15) is 11.6 Å². The van der Waals surface area contributed by atoms with Gasteiger partial charge in [-0.05, 0) is 29.8 Å². The highest BCUT2D eigenvalue weighted by molar-refractivity contribution is 5.98. The van der Waals surface area contributed by atoms with E-state index in [1.165, 1.54) is 33.5 Å². The van der Waals surface area contributed by atoms with Crippen molar-refractivity contribution >= 4 is 16.9 Å². The molecule has 1 unspecified atom stereocenters. The van der Waals surface area contributed by atoms with Crippen molar-refractivity contribution in [3.63, 3.8) is 0 Å². The SMILES string of the molecule is COc1cc(OC)c(C(=O)NC(Cn2cnc3ccccc32)c2ccc(F)cc2)cc1OC. The molecule has 0 fully saturated rings. The minimum atomic E-state index is -0.464. The van der Waals surface area contributed by atoms with Crippen LogP contribution in [0.2, 0.25) is 0 Å². The van der Waals surface area contributed by atoms with Crippen LogP contribution < -0.4 is 19.5 Å². The fourth-order valence-corrected chi connectivity index (χ4v) is 3.72. The zero-order valence-electron chi connectivity index (χ0n) is 18.5. The van der Waals surface area contributed by atoms with Crippen molar-refractivity contribution in [1.82, 2.24) is 14.9 Å². The summed E-state index contributed by atoms with van der Waals surface area (Å²) in [6.45, 7) is 0.396. The Morgan fingerprint density at radius 2 is 1.64 bits per heavy atom. The number of halogens is 1. The Balaban J connectivity index is 1.69. The largest absolute Gasteiger partial charge is 0.496 e. The van der Waals surface area contributed by atoms with Gasteiger partial charge < -0.3 is 24.1 Å². The van der Waals surface area contributed by atoms with Crippen molar-refractivity contribution in [2.75, 3.05) is 21.3 Å². The number of methoxy groups -OCH3 is 3. The van der Waals surface area contributed by atoms with Gasteiger partial charge in [-0.1, -0.05) is 24.3 Å². The zero-order valence-corrected chi connectivity index (χ0v) is 18.5. The van der Waals surface area contributed by atoms with Crippen LogP contribution >= 0.6 is 0 Å². The van der Waals surface area contributed by atoms with Gasteiger partial charge in [0.2, 0.25) is 0 Å². The molecule has 4 aromatic rings. The van der Waals surface area contributed by atoms with E-state index in [2.05, 4.69) is 10.3 Å². The number of nitrogens with one attached hydrogen (secondary N) is 1. The topological polar surface area (TPSA) is 74.6 Å². The molecule has 0 aliphatic rings. The molecule has 0 aliphatic carbocycles. The highest BCUT2D eigenvalue weighted by atomic mass is 19.1. The third-order valence-electron chi connectivity index (χ3n) is 5.43. The summed E-state index contributed by atoms with van der Waals surface area (Å²) in [5, 5.41) is 3.05. The normalized spacial score (nSPS) is 11.8. The monoisotopic (exact) mass is 449 g/mol. The first-order valence-electron chi connectivity index (χ1n) is 10.3. The number of hydrogen-bond donors (Lipinski definition) is 1. The van der Waals surface area contributed by atoms with Crippen molar-refractivity contribution in [2.45, 2.75) is 12.6 Å². The van der Waals surface area contributed by atoms with Crippen LogP contribution in [-0.2, 0) is 6.54 Å². The van der Waals surface area contributed by atoms with Crippen LogP contribution in [0.25, 0.3) is 11.0 Å². The fourth-order valence-electron chi connectivity index (χ4n) is 3.72. The molecule has 1 atom stereocenters. The zero-order chi connectivity index (χ0) is 23.4. The molecule has 0 saturated heterocycles. The van der Waals surface area contributed by atoms with Crippen molar-refractivity contribution < 1.29 is 23.4 Å². The molecule has 8 heteroatoms. The summed E-state index contributed by atoms with van der Waals surface area (Å²) >= 11 is 0. The maximum absolute atomic E-state index is 13.6. The maximum Gasteiger partial charge on any atom is 0.255 e. The smallest absolute Gasteiger partial charge is 0.255 e. The van der Waals surface area contributed by atoms with Crippen LogP contribution in [0.3, 0.4) is 0 Å². The summed E-state index contributed by atoms with van der Waals surface area (Å²) < 4.78 is 31.6. The van der Waals surface area contributed by atoms with Gasteiger partial charge in [-0.25, -0.2) is 9.37 Å². The Kier molecular flexibility index (Phi) is 6.44. The number of aromatic nitrogens is 2. The molecule has 0 radical (unpaired) electrons. The number of amides is 1. The van der Waals surface area contributed by atoms with Crippen LogP contribution in [0.1, 0.15) is 22.0 Å². The maximum atomic E-state index is 13.6. The second-order valence-electron chi connectivity index (χ2n) is 7.37. The van der Waals surface area contributed by atoms with Gasteiger partial charge in [-0.2, -0.15) is 0 Å². The molecule has 0 bridgehead atoms. The molecular formula is C25H24FN3O4. The predicted molar refractivity (Wildman–Crippen MR) is 122 cm³/mol. The number of para-hydroxylation sites is 2. The molecule has 0 saturated carbocycles. The third-order valence-corrected chi connectivity index (χ3v) is 5.43. The molecular weight excluding hydrogens is 425 g/mol. The van der Waals surface area contributed by atoms with Crippen molar-refractivity contribution in [3.8, 4) is 17.2 Å². The Labute approximate surface area is 190 Å². The first kappa shape index (κ1) is 22.1. The van der Waals surface area contributed by atoms with E-state index in [-0.39, 0.29) is 17.3 Å². The Morgan fingerprint density at radius 3 is 2.33 bits per heavy atom. The number of carbonyl (C=O) groups excluding carboxylic acids is 1. The van der Waals surface area contributed by atoms with Gasteiger partial charge in [0.05, 0.1) is 50.3 Å². The molecule has 1 amide bonds. The fraction of sp³-hybridized carbons (Fsp3) is 0.200. The molecule has 1 heterocycles. The van der Waals surface area contributed by atoms with E-state index in [1.54, 1.807) is 30.6 Å². The molecule has 0 aliphatic heterocycles. The number of ether oxygens (including phenoxy) is 3. The Morgan fingerprint density at radius 1 is 0.970 bits per heavy atom. The molecule has 0 spiro atoms. The summed E-state index contributed by atoms with van der Waals surface area (Å²) in [7, 11) is 4.49.